The van der Waals surface area contributed by atoms with Crippen LogP contribution in [-0.4, -0.2) is 46.2 Å². The van der Waals surface area contributed by atoms with Gasteiger partial charge in [-0.1, -0.05) is 0 Å². The van der Waals surface area contributed by atoms with Crippen LogP contribution in [0.4, 0.5) is 0 Å². The van der Waals surface area contributed by atoms with Crippen molar-refractivity contribution in [2.45, 2.75) is 19.1 Å². The number of hydrogen-bond donors (Lipinski definition) is 1. The Morgan fingerprint density at radius 2 is 2.08 bits per heavy atom. The summed E-state index contributed by atoms with van der Waals surface area (Å²) in [6.45, 7) is 1.94. The molecule has 0 bridgehead atoms. The maximum absolute atomic E-state index is 11.1. The van der Waals surface area contributed by atoms with E-state index in [1.54, 1.807) is 14.0 Å². The molecule has 0 heterocycles. The molecule has 5 nitrogen and oxygen atoms in total. The third-order valence-corrected chi connectivity index (χ3v) is 1.68. The van der Waals surface area contributed by atoms with Gasteiger partial charge in [-0.25, -0.2) is 0 Å². The van der Waals surface area contributed by atoms with E-state index in [0.29, 0.717) is 0 Å². The quantitative estimate of drug-likeness (QED) is 0.463. The molecule has 13 heavy (non-hydrogen) atoms. The summed E-state index contributed by atoms with van der Waals surface area (Å²) in [5.74, 6) is -0.342. The van der Waals surface area contributed by atoms with Gasteiger partial charge in [0.25, 0.3) is 0 Å². The second-order valence-electron chi connectivity index (χ2n) is 2.57. The summed E-state index contributed by atoms with van der Waals surface area (Å²) in [4.78, 5) is 11.1. The van der Waals surface area contributed by atoms with Crippen molar-refractivity contribution in [2.75, 3.05) is 28.1 Å². The van der Waals surface area contributed by atoms with Gasteiger partial charge in [-0.3, -0.25) is 4.79 Å². The van der Waals surface area contributed by atoms with Crippen molar-refractivity contribution in [2.24, 2.45) is 0 Å². The monoisotopic (exact) mass is 191 g/mol. The minimum atomic E-state index is -0.458. The minimum absolute atomic E-state index is 0.163. The zero-order valence-electron chi connectivity index (χ0n) is 8.49. The van der Waals surface area contributed by atoms with Gasteiger partial charge in [0.1, 0.15) is 12.8 Å². The van der Waals surface area contributed by atoms with Gasteiger partial charge in [0.05, 0.1) is 13.2 Å². The molecule has 0 aliphatic rings. The van der Waals surface area contributed by atoms with Crippen LogP contribution in [-0.2, 0) is 19.0 Å². The smallest absolute Gasteiger partial charge is 0.325 e. The minimum Gasteiger partial charge on any atom is -0.468 e. The first kappa shape index (κ1) is 12.3. The summed E-state index contributed by atoms with van der Waals surface area (Å²) >= 11 is 0. The van der Waals surface area contributed by atoms with Crippen molar-refractivity contribution in [1.82, 2.24) is 5.32 Å². The standard InChI is InChI=1S/C8H17NO4/c1-6(13-5-11-3)7(9-2)8(10)12-4/h6-7,9H,5H2,1-4H3/t6-,7?/m0/s1. The van der Waals surface area contributed by atoms with E-state index in [1.165, 1.54) is 14.2 Å². The second kappa shape index (κ2) is 6.82. The van der Waals surface area contributed by atoms with Gasteiger partial charge < -0.3 is 19.5 Å². The number of carbonyl (C=O) groups is 1. The summed E-state index contributed by atoms with van der Waals surface area (Å²) in [5.41, 5.74) is 0. The highest BCUT2D eigenvalue weighted by atomic mass is 16.7. The predicted octanol–water partition coefficient (Wildman–Crippen LogP) is -0.244. The molecule has 0 aliphatic heterocycles. The Balaban J connectivity index is 3.98. The van der Waals surface area contributed by atoms with Crippen molar-refractivity contribution >= 4 is 5.97 Å². The van der Waals surface area contributed by atoms with Crippen molar-refractivity contribution in [3.63, 3.8) is 0 Å². The molecule has 1 unspecified atom stereocenters. The third kappa shape index (κ3) is 4.21. The first-order valence-corrected chi connectivity index (χ1v) is 4.03. The van der Waals surface area contributed by atoms with Gasteiger partial charge in [-0.2, -0.15) is 0 Å². The molecule has 0 spiro atoms. The lowest BCUT2D eigenvalue weighted by Gasteiger charge is -2.20. The molecule has 1 N–H and O–H groups in total. The van der Waals surface area contributed by atoms with Gasteiger partial charge in [0.15, 0.2) is 0 Å². The van der Waals surface area contributed by atoms with Crippen LogP contribution in [0, 0.1) is 0 Å². The number of ether oxygens (including phenoxy) is 3. The van der Waals surface area contributed by atoms with Gasteiger partial charge in [0.2, 0.25) is 0 Å². The highest BCUT2D eigenvalue weighted by Gasteiger charge is 2.24. The molecular formula is C8H17NO4. The first-order chi connectivity index (χ1) is 6.17. The fourth-order valence-corrected chi connectivity index (χ4v) is 0.943. The Hall–Kier alpha value is -0.650. The first-order valence-electron chi connectivity index (χ1n) is 4.03. The van der Waals surface area contributed by atoms with E-state index in [-0.39, 0.29) is 18.9 Å². The molecule has 0 aromatic rings. The number of carbonyl (C=O) groups excluding carboxylic acids is 1. The molecule has 0 aromatic carbocycles. The SMILES string of the molecule is CNC(C(=O)OC)[C@H](C)OCOC. The lowest BCUT2D eigenvalue weighted by Crippen LogP contribution is -2.45. The number of rotatable bonds is 6. The van der Waals surface area contributed by atoms with E-state index >= 15 is 0 Å². The molecule has 0 saturated carbocycles. The molecule has 0 aliphatic carbocycles. The van der Waals surface area contributed by atoms with Crippen molar-refractivity contribution in [1.29, 1.82) is 0 Å². The van der Waals surface area contributed by atoms with Crippen LogP contribution in [0.2, 0.25) is 0 Å². The number of nitrogens with one attached hydrogen (secondary N) is 1. The van der Waals surface area contributed by atoms with Crippen molar-refractivity contribution in [3.05, 3.63) is 0 Å². The van der Waals surface area contributed by atoms with Gasteiger partial charge in [0, 0.05) is 7.11 Å². The average Bonchev–Trinajstić information content (AvgIpc) is 2.15. The summed E-state index contributed by atoms with van der Waals surface area (Å²) < 4.78 is 14.5. The van der Waals surface area contributed by atoms with E-state index in [2.05, 4.69) is 10.1 Å². The maximum atomic E-state index is 11.1. The third-order valence-electron chi connectivity index (χ3n) is 1.68. The highest BCUT2D eigenvalue weighted by Crippen LogP contribution is 2.00. The number of methoxy groups -OCH3 is 2. The Morgan fingerprint density at radius 1 is 1.46 bits per heavy atom. The Kier molecular flexibility index (Phi) is 6.48. The van der Waals surface area contributed by atoms with Gasteiger partial charge >= 0.3 is 5.97 Å². The van der Waals surface area contributed by atoms with E-state index in [4.69, 9.17) is 9.47 Å². The average molecular weight is 191 g/mol. The van der Waals surface area contributed by atoms with Crippen LogP contribution in [0.1, 0.15) is 6.92 Å². The fraction of sp³-hybridized carbons (Fsp3) is 0.875. The Bertz CT molecular complexity index is 151. The van der Waals surface area contributed by atoms with Crippen LogP contribution < -0.4 is 5.32 Å². The normalized spacial score (nSPS) is 15.1. The topological polar surface area (TPSA) is 56.8 Å². The van der Waals surface area contributed by atoms with Crippen LogP contribution in [0.25, 0.3) is 0 Å². The van der Waals surface area contributed by atoms with E-state index in [0.717, 1.165) is 0 Å². The maximum Gasteiger partial charge on any atom is 0.325 e. The number of esters is 1. The molecule has 2 atom stereocenters. The molecule has 78 valence electrons. The molecule has 0 rings (SSSR count). The summed E-state index contributed by atoms with van der Waals surface area (Å²) in [6.07, 6.45) is -0.280. The number of hydrogen-bond acceptors (Lipinski definition) is 5. The van der Waals surface area contributed by atoms with E-state index < -0.39 is 6.04 Å². The van der Waals surface area contributed by atoms with Gasteiger partial charge in [-0.05, 0) is 14.0 Å². The van der Waals surface area contributed by atoms with E-state index in [9.17, 15) is 4.79 Å². The number of likely N-dealkylation sites (N-methyl/N-ethyl adjacent to an activating group) is 1. The fourth-order valence-electron chi connectivity index (χ4n) is 0.943. The molecular weight excluding hydrogens is 174 g/mol. The zero-order valence-corrected chi connectivity index (χ0v) is 8.49. The highest BCUT2D eigenvalue weighted by molar-refractivity contribution is 5.76. The van der Waals surface area contributed by atoms with E-state index in [1.807, 2.05) is 0 Å². The zero-order chi connectivity index (χ0) is 10.3. The van der Waals surface area contributed by atoms with Crippen molar-refractivity contribution in [3.8, 4) is 0 Å². The van der Waals surface area contributed by atoms with Crippen LogP contribution in [0.3, 0.4) is 0 Å². The molecule has 5 heteroatoms. The molecule has 0 saturated heterocycles. The summed E-state index contributed by atoms with van der Waals surface area (Å²) in [5, 5.41) is 2.81. The van der Waals surface area contributed by atoms with Crippen LogP contribution in [0.15, 0.2) is 0 Å². The predicted molar refractivity (Wildman–Crippen MR) is 47.3 cm³/mol. The summed E-state index contributed by atoms with van der Waals surface area (Å²) in [7, 11) is 4.54. The summed E-state index contributed by atoms with van der Waals surface area (Å²) in [6, 6.07) is -0.458. The van der Waals surface area contributed by atoms with Crippen LogP contribution in [0.5, 0.6) is 0 Å². The second-order valence-corrected chi connectivity index (χ2v) is 2.57. The van der Waals surface area contributed by atoms with Gasteiger partial charge in [-0.15, -0.1) is 0 Å². The molecule has 0 amide bonds. The molecule has 0 fully saturated rings. The lowest BCUT2D eigenvalue weighted by atomic mass is 10.2. The van der Waals surface area contributed by atoms with Crippen LogP contribution >= 0.6 is 0 Å². The van der Waals surface area contributed by atoms with Crippen molar-refractivity contribution < 1.29 is 19.0 Å². The Morgan fingerprint density at radius 3 is 2.46 bits per heavy atom. The largest absolute Gasteiger partial charge is 0.468 e. The molecule has 0 aromatic heterocycles. The lowest BCUT2D eigenvalue weighted by molar-refractivity contribution is -0.150. The Labute approximate surface area is 78.3 Å². The molecule has 0 radical (unpaired) electrons.